The van der Waals surface area contributed by atoms with Gasteiger partial charge in [-0.15, -0.1) is 0 Å². The minimum absolute atomic E-state index is 0.595. The van der Waals surface area contributed by atoms with Crippen molar-refractivity contribution in [2.24, 2.45) is 0 Å². The molecule has 1 heteroatoms. The molecule has 1 aromatic rings. The molecule has 0 spiro atoms. The van der Waals surface area contributed by atoms with Crippen molar-refractivity contribution in [1.29, 1.82) is 0 Å². The van der Waals surface area contributed by atoms with Gasteiger partial charge < -0.3 is 0 Å². The third kappa shape index (κ3) is 1.74. The molecule has 0 atom stereocenters. The molecule has 0 nitrogen and oxygen atoms in total. The van der Waals surface area contributed by atoms with Crippen LogP contribution in [-0.2, 0) is 0 Å². The summed E-state index contributed by atoms with van der Waals surface area (Å²) < 4.78 is 0. The second kappa shape index (κ2) is 3.07. The molecular formula is C9H11Cl. The quantitative estimate of drug-likeness (QED) is 0.581. The Kier molecular flexibility index (Phi) is 2.34. The van der Waals surface area contributed by atoms with Gasteiger partial charge in [0.2, 0.25) is 0 Å². The van der Waals surface area contributed by atoms with E-state index in [4.69, 9.17) is 11.6 Å². The van der Waals surface area contributed by atoms with Gasteiger partial charge in [-0.1, -0.05) is 37.6 Å². The summed E-state index contributed by atoms with van der Waals surface area (Å²) in [5, 5.41) is 0.810. The van der Waals surface area contributed by atoms with E-state index in [2.05, 4.69) is 26.0 Å². The topological polar surface area (TPSA) is 0 Å². The molecule has 1 rings (SSSR count). The summed E-state index contributed by atoms with van der Waals surface area (Å²) >= 11 is 5.72. The SMILES string of the molecule is CC(C)c1ccc(Cl)cc1. The zero-order chi connectivity index (χ0) is 7.56. The van der Waals surface area contributed by atoms with Crippen LogP contribution in [0.25, 0.3) is 0 Å². The Balaban J connectivity index is 2.89. The van der Waals surface area contributed by atoms with Crippen molar-refractivity contribution >= 4 is 11.6 Å². The predicted octanol–water partition coefficient (Wildman–Crippen LogP) is 3.46. The summed E-state index contributed by atoms with van der Waals surface area (Å²) in [6.07, 6.45) is 0. The van der Waals surface area contributed by atoms with Crippen LogP contribution in [0.2, 0.25) is 5.02 Å². The van der Waals surface area contributed by atoms with Crippen LogP contribution in [0.1, 0.15) is 25.3 Å². The van der Waals surface area contributed by atoms with E-state index in [1.54, 1.807) is 0 Å². The Bertz CT molecular complexity index is 198. The molecule has 0 aliphatic rings. The first-order valence-corrected chi connectivity index (χ1v) is 3.83. The molecule has 0 amide bonds. The van der Waals surface area contributed by atoms with Gasteiger partial charge in [0, 0.05) is 5.02 Å². The van der Waals surface area contributed by atoms with E-state index in [1.165, 1.54) is 5.56 Å². The normalized spacial score (nSPS) is 10.4. The molecule has 0 aromatic heterocycles. The number of halogens is 1. The monoisotopic (exact) mass is 154 g/mol. The Hall–Kier alpha value is -0.490. The van der Waals surface area contributed by atoms with Gasteiger partial charge in [0.25, 0.3) is 0 Å². The molecule has 0 N–H and O–H groups in total. The van der Waals surface area contributed by atoms with E-state index in [-0.39, 0.29) is 0 Å². The van der Waals surface area contributed by atoms with Crippen molar-refractivity contribution in [2.45, 2.75) is 19.8 Å². The molecule has 0 saturated carbocycles. The van der Waals surface area contributed by atoms with E-state index in [0.717, 1.165) is 5.02 Å². The Morgan fingerprint density at radius 3 is 2.00 bits per heavy atom. The Labute approximate surface area is 66.8 Å². The van der Waals surface area contributed by atoms with Crippen LogP contribution >= 0.6 is 11.6 Å². The average Bonchev–Trinajstić information content (AvgIpc) is 1.88. The van der Waals surface area contributed by atoms with Crippen molar-refractivity contribution in [1.82, 2.24) is 0 Å². The fourth-order valence-electron chi connectivity index (χ4n) is 0.848. The average molecular weight is 155 g/mol. The zero-order valence-corrected chi connectivity index (χ0v) is 7.02. The first kappa shape index (κ1) is 7.62. The number of benzene rings is 1. The summed E-state index contributed by atoms with van der Waals surface area (Å²) in [6, 6.07) is 7.98. The minimum Gasteiger partial charge on any atom is -0.0843 e. The molecule has 0 aliphatic carbocycles. The first-order valence-electron chi connectivity index (χ1n) is 3.45. The van der Waals surface area contributed by atoms with Crippen molar-refractivity contribution < 1.29 is 0 Å². The van der Waals surface area contributed by atoms with Crippen LogP contribution in [0.4, 0.5) is 0 Å². The maximum Gasteiger partial charge on any atom is 0.0406 e. The number of hydrogen-bond donors (Lipinski definition) is 0. The summed E-state index contributed by atoms with van der Waals surface area (Å²) in [6.45, 7) is 4.34. The molecule has 0 heterocycles. The predicted molar refractivity (Wildman–Crippen MR) is 45.5 cm³/mol. The summed E-state index contributed by atoms with van der Waals surface area (Å²) in [7, 11) is 0. The Morgan fingerprint density at radius 1 is 1.10 bits per heavy atom. The second-order valence-corrected chi connectivity index (χ2v) is 3.14. The lowest BCUT2D eigenvalue weighted by Crippen LogP contribution is -1.84. The fraction of sp³-hybridized carbons (Fsp3) is 0.333. The lowest BCUT2D eigenvalue weighted by atomic mass is 10.0. The van der Waals surface area contributed by atoms with Crippen molar-refractivity contribution in [3.63, 3.8) is 0 Å². The highest BCUT2D eigenvalue weighted by Gasteiger charge is 1.96. The minimum atomic E-state index is 0.595. The van der Waals surface area contributed by atoms with Gasteiger partial charge in [-0.05, 0) is 23.6 Å². The summed E-state index contributed by atoms with van der Waals surface area (Å²) in [4.78, 5) is 0. The van der Waals surface area contributed by atoms with Crippen LogP contribution in [-0.4, -0.2) is 0 Å². The largest absolute Gasteiger partial charge is 0.0843 e. The maximum atomic E-state index is 5.72. The molecule has 0 fully saturated rings. The zero-order valence-electron chi connectivity index (χ0n) is 6.26. The van der Waals surface area contributed by atoms with Gasteiger partial charge in [0.05, 0.1) is 0 Å². The van der Waals surface area contributed by atoms with Gasteiger partial charge >= 0.3 is 0 Å². The first-order chi connectivity index (χ1) is 4.70. The molecule has 0 radical (unpaired) electrons. The standard InChI is InChI=1S/C9H11Cl/c1-7(2)8-3-5-9(10)6-4-8/h3-7H,1-2H3. The van der Waals surface area contributed by atoms with Crippen LogP contribution in [0.3, 0.4) is 0 Å². The van der Waals surface area contributed by atoms with Crippen LogP contribution < -0.4 is 0 Å². The van der Waals surface area contributed by atoms with Gasteiger partial charge in [-0.25, -0.2) is 0 Å². The van der Waals surface area contributed by atoms with E-state index < -0.39 is 0 Å². The molecule has 1 aromatic carbocycles. The highest BCUT2D eigenvalue weighted by molar-refractivity contribution is 6.30. The van der Waals surface area contributed by atoms with E-state index in [9.17, 15) is 0 Å². The van der Waals surface area contributed by atoms with Crippen LogP contribution in [0.15, 0.2) is 24.3 Å². The third-order valence-corrected chi connectivity index (χ3v) is 1.79. The molecule has 0 bridgehead atoms. The molecule has 10 heavy (non-hydrogen) atoms. The molecule has 0 saturated heterocycles. The van der Waals surface area contributed by atoms with Crippen molar-refractivity contribution in [2.75, 3.05) is 0 Å². The van der Waals surface area contributed by atoms with Gasteiger partial charge in [0.15, 0.2) is 0 Å². The molecule has 0 aliphatic heterocycles. The maximum absolute atomic E-state index is 5.72. The third-order valence-electron chi connectivity index (χ3n) is 1.54. The van der Waals surface area contributed by atoms with Gasteiger partial charge in [-0.2, -0.15) is 0 Å². The highest BCUT2D eigenvalue weighted by Crippen LogP contribution is 2.16. The summed E-state index contributed by atoms with van der Waals surface area (Å²) in [5.74, 6) is 0.595. The molecule has 54 valence electrons. The van der Waals surface area contributed by atoms with Crippen molar-refractivity contribution in [3.8, 4) is 0 Å². The smallest absolute Gasteiger partial charge is 0.0406 e. The second-order valence-electron chi connectivity index (χ2n) is 2.71. The van der Waals surface area contributed by atoms with Crippen LogP contribution in [0.5, 0.6) is 0 Å². The lowest BCUT2D eigenvalue weighted by Gasteiger charge is -2.03. The van der Waals surface area contributed by atoms with E-state index >= 15 is 0 Å². The lowest BCUT2D eigenvalue weighted by molar-refractivity contribution is 0.867. The van der Waals surface area contributed by atoms with E-state index in [0.29, 0.717) is 5.92 Å². The number of hydrogen-bond acceptors (Lipinski definition) is 0. The van der Waals surface area contributed by atoms with Gasteiger partial charge in [-0.3, -0.25) is 0 Å². The van der Waals surface area contributed by atoms with Crippen molar-refractivity contribution in [3.05, 3.63) is 34.9 Å². The molecular weight excluding hydrogens is 144 g/mol. The number of rotatable bonds is 1. The fourth-order valence-corrected chi connectivity index (χ4v) is 0.974. The van der Waals surface area contributed by atoms with Crippen LogP contribution in [0, 0.1) is 0 Å². The molecule has 0 unspecified atom stereocenters. The highest BCUT2D eigenvalue weighted by atomic mass is 35.5. The Morgan fingerprint density at radius 2 is 1.60 bits per heavy atom. The van der Waals surface area contributed by atoms with E-state index in [1.807, 2.05) is 12.1 Å². The van der Waals surface area contributed by atoms with Gasteiger partial charge in [0.1, 0.15) is 0 Å². The summed E-state index contributed by atoms with van der Waals surface area (Å²) in [5.41, 5.74) is 1.34.